The largest absolute Gasteiger partial charge is 0.323 e. The average Bonchev–Trinajstić information content (AvgIpc) is 2.77. The Morgan fingerprint density at radius 1 is 1.28 bits per heavy atom. The SMILES string of the molecule is C#N.C#N.Cc1cc(C)c2nc(C=NN)sc2c1. The summed E-state index contributed by atoms with van der Waals surface area (Å²) in [6, 6.07) is 4.26. The van der Waals surface area contributed by atoms with Crippen molar-refractivity contribution in [3.05, 3.63) is 28.3 Å². The van der Waals surface area contributed by atoms with E-state index in [1.807, 2.05) is 0 Å². The highest BCUT2D eigenvalue weighted by atomic mass is 32.1. The number of aromatic nitrogens is 1. The number of thiazole rings is 1. The molecule has 0 aliphatic rings. The van der Waals surface area contributed by atoms with Crippen molar-refractivity contribution < 1.29 is 0 Å². The molecular formula is C12H13N5S. The molecule has 0 aliphatic heterocycles. The van der Waals surface area contributed by atoms with Crippen molar-refractivity contribution in [1.29, 1.82) is 10.5 Å². The molecule has 0 atom stereocenters. The third-order valence-electron chi connectivity index (χ3n) is 2.03. The van der Waals surface area contributed by atoms with Gasteiger partial charge in [-0.05, 0) is 31.0 Å². The summed E-state index contributed by atoms with van der Waals surface area (Å²) in [6.45, 7) is 11.2. The van der Waals surface area contributed by atoms with Crippen LogP contribution in [0, 0.1) is 37.5 Å². The lowest BCUT2D eigenvalue weighted by Crippen LogP contribution is -1.84. The molecule has 92 valence electrons. The van der Waals surface area contributed by atoms with E-state index in [0.29, 0.717) is 0 Å². The number of nitrogens with two attached hydrogens (primary N) is 1. The number of hydrazone groups is 1. The number of nitrogens with zero attached hydrogens (tertiary/aromatic N) is 4. The van der Waals surface area contributed by atoms with Crippen molar-refractivity contribution in [1.82, 2.24) is 4.98 Å². The lowest BCUT2D eigenvalue weighted by atomic mass is 10.1. The van der Waals surface area contributed by atoms with Crippen molar-refractivity contribution in [3.8, 4) is 13.1 Å². The van der Waals surface area contributed by atoms with Gasteiger partial charge in [-0.1, -0.05) is 6.07 Å². The first-order valence-electron chi connectivity index (χ1n) is 4.83. The summed E-state index contributed by atoms with van der Waals surface area (Å²) < 4.78 is 1.19. The fourth-order valence-electron chi connectivity index (χ4n) is 1.51. The molecule has 0 saturated heterocycles. The number of aryl methyl sites for hydroxylation is 2. The first kappa shape index (κ1) is 15.6. The molecule has 0 aliphatic carbocycles. The fourth-order valence-corrected chi connectivity index (χ4v) is 2.53. The highest BCUT2D eigenvalue weighted by Gasteiger charge is 2.04. The smallest absolute Gasteiger partial charge is 0.137 e. The van der Waals surface area contributed by atoms with Gasteiger partial charge in [-0.3, -0.25) is 0 Å². The Hall–Kier alpha value is -2.44. The molecule has 1 heterocycles. The summed E-state index contributed by atoms with van der Waals surface area (Å²) in [6.07, 6.45) is 1.58. The molecule has 2 aromatic rings. The van der Waals surface area contributed by atoms with Gasteiger partial charge in [0, 0.05) is 13.1 Å². The number of hydrogen-bond acceptors (Lipinski definition) is 6. The molecule has 1 aromatic heterocycles. The topological polar surface area (TPSA) is 98.8 Å². The second kappa shape index (κ2) is 7.77. The van der Waals surface area contributed by atoms with Crippen LogP contribution in [-0.4, -0.2) is 11.2 Å². The maximum Gasteiger partial charge on any atom is 0.137 e. The van der Waals surface area contributed by atoms with Gasteiger partial charge in [-0.25, -0.2) is 15.5 Å². The molecule has 6 heteroatoms. The zero-order valence-electron chi connectivity index (χ0n) is 10.2. The lowest BCUT2D eigenvalue weighted by Gasteiger charge is -1.95. The minimum atomic E-state index is 0.858. The van der Waals surface area contributed by atoms with E-state index in [1.165, 1.54) is 15.8 Å². The van der Waals surface area contributed by atoms with E-state index < -0.39 is 0 Å². The predicted octanol–water partition coefficient (Wildman–Crippen LogP) is 2.49. The molecule has 0 bridgehead atoms. The van der Waals surface area contributed by atoms with E-state index in [2.05, 4.69) is 49.2 Å². The van der Waals surface area contributed by atoms with E-state index in [-0.39, 0.29) is 0 Å². The van der Waals surface area contributed by atoms with Gasteiger partial charge in [0.25, 0.3) is 0 Å². The maximum absolute atomic E-state index is 6.50. The molecule has 5 nitrogen and oxygen atoms in total. The number of rotatable bonds is 1. The summed E-state index contributed by atoms with van der Waals surface area (Å²) in [5.74, 6) is 5.09. The molecule has 18 heavy (non-hydrogen) atoms. The molecule has 2 N–H and O–H groups in total. The van der Waals surface area contributed by atoms with E-state index in [4.69, 9.17) is 16.4 Å². The quantitative estimate of drug-likeness (QED) is 0.483. The summed E-state index contributed by atoms with van der Waals surface area (Å²) in [5, 5.41) is 17.3. The molecule has 2 rings (SSSR count). The molecular weight excluding hydrogens is 246 g/mol. The first-order chi connectivity index (χ1) is 8.70. The fraction of sp³-hybridized carbons (Fsp3) is 0.167. The summed E-state index contributed by atoms with van der Waals surface area (Å²) in [7, 11) is 0. The summed E-state index contributed by atoms with van der Waals surface area (Å²) in [5.41, 5.74) is 3.51. The van der Waals surface area contributed by atoms with Crippen LogP contribution in [0.5, 0.6) is 0 Å². The Morgan fingerprint density at radius 3 is 2.44 bits per heavy atom. The maximum atomic E-state index is 6.50. The van der Waals surface area contributed by atoms with Crippen molar-refractivity contribution in [3.63, 3.8) is 0 Å². The molecule has 0 fully saturated rings. The predicted molar refractivity (Wildman–Crippen MR) is 74.2 cm³/mol. The van der Waals surface area contributed by atoms with Gasteiger partial charge >= 0.3 is 0 Å². The molecule has 1 aromatic carbocycles. The van der Waals surface area contributed by atoms with Crippen LogP contribution in [-0.2, 0) is 0 Å². The number of fused-ring (bicyclic) bond motifs is 1. The van der Waals surface area contributed by atoms with Gasteiger partial charge in [0.15, 0.2) is 0 Å². The average molecular weight is 259 g/mol. The number of nitriles is 2. The van der Waals surface area contributed by atoms with Crippen LogP contribution in [0.15, 0.2) is 17.2 Å². The minimum absolute atomic E-state index is 0.858. The molecule has 0 spiro atoms. The summed E-state index contributed by atoms with van der Waals surface area (Å²) in [4.78, 5) is 4.43. The molecule has 0 unspecified atom stereocenters. The minimum Gasteiger partial charge on any atom is -0.323 e. The first-order valence-corrected chi connectivity index (χ1v) is 5.65. The lowest BCUT2D eigenvalue weighted by molar-refractivity contribution is 1.26. The number of hydrogen-bond donors (Lipinski definition) is 1. The second-order valence-electron chi connectivity index (χ2n) is 3.26. The zero-order valence-corrected chi connectivity index (χ0v) is 11.0. The molecule has 0 radical (unpaired) electrons. The van der Waals surface area contributed by atoms with Crippen molar-refractivity contribution in [2.24, 2.45) is 10.9 Å². The normalized spacial score (nSPS) is 9.22. The Bertz CT molecular complexity index is 574. The van der Waals surface area contributed by atoms with Crippen molar-refractivity contribution in [2.75, 3.05) is 0 Å². The van der Waals surface area contributed by atoms with Crippen LogP contribution < -0.4 is 5.84 Å². The Labute approximate surface area is 110 Å². The Kier molecular flexibility index (Phi) is 6.72. The van der Waals surface area contributed by atoms with Crippen LogP contribution in [0.3, 0.4) is 0 Å². The second-order valence-corrected chi connectivity index (χ2v) is 4.32. The summed E-state index contributed by atoms with van der Waals surface area (Å²) >= 11 is 1.61. The highest BCUT2D eigenvalue weighted by Crippen LogP contribution is 2.25. The monoisotopic (exact) mass is 259 g/mol. The van der Waals surface area contributed by atoms with E-state index in [0.717, 1.165) is 10.5 Å². The van der Waals surface area contributed by atoms with Crippen molar-refractivity contribution in [2.45, 2.75) is 13.8 Å². The van der Waals surface area contributed by atoms with Crippen LogP contribution in [0.4, 0.5) is 0 Å². The highest BCUT2D eigenvalue weighted by molar-refractivity contribution is 7.20. The Balaban J connectivity index is 0.000000659. The molecule has 0 amide bonds. The zero-order chi connectivity index (χ0) is 14.1. The van der Waals surface area contributed by atoms with Gasteiger partial charge < -0.3 is 5.84 Å². The van der Waals surface area contributed by atoms with Gasteiger partial charge in [0.05, 0.1) is 16.4 Å². The Morgan fingerprint density at radius 2 is 1.89 bits per heavy atom. The third kappa shape index (κ3) is 3.55. The van der Waals surface area contributed by atoms with Gasteiger partial charge in [-0.15, -0.1) is 11.3 Å². The number of benzene rings is 1. The molecule has 0 saturated carbocycles. The van der Waals surface area contributed by atoms with Crippen LogP contribution >= 0.6 is 11.3 Å². The standard InChI is InChI=1S/C10H11N3S.2CHN/c1-6-3-7(2)10-8(4-6)14-9(13-10)5-12-11;2*1-2/h3-5H,11H2,1-2H3;2*1H. The van der Waals surface area contributed by atoms with Crippen LogP contribution in [0.2, 0.25) is 0 Å². The van der Waals surface area contributed by atoms with E-state index >= 15 is 0 Å². The third-order valence-corrected chi connectivity index (χ3v) is 2.97. The van der Waals surface area contributed by atoms with Crippen LogP contribution in [0.25, 0.3) is 10.2 Å². The van der Waals surface area contributed by atoms with Crippen molar-refractivity contribution >= 4 is 27.8 Å². The van der Waals surface area contributed by atoms with Crippen LogP contribution in [0.1, 0.15) is 16.1 Å². The van der Waals surface area contributed by atoms with Gasteiger partial charge in [-0.2, -0.15) is 5.10 Å². The van der Waals surface area contributed by atoms with E-state index in [9.17, 15) is 0 Å². The van der Waals surface area contributed by atoms with E-state index in [1.54, 1.807) is 17.6 Å². The van der Waals surface area contributed by atoms with Gasteiger partial charge in [0.1, 0.15) is 5.01 Å². The van der Waals surface area contributed by atoms with Gasteiger partial charge in [0.2, 0.25) is 0 Å².